The van der Waals surface area contributed by atoms with E-state index in [4.69, 9.17) is 10.5 Å². The predicted octanol–water partition coefficient (Wildman–Crippen LogP) is 1.22. The second-order valence-electron chi connectivity index (χ2n) is 5.46. The van der Waals surface area contributed by atoms with E-state index >= 15 is 0 Å². The Bertz CT molecular complexity index is 214. The number of nitrogens with two attached hydrogens (primary N) is 1. The summed E-state index contributed by atoms with van der Waals surface area (Å²) in [7, 11) is 0. The minimum Gasteiger partial charge on any atom is -0.389 e. The summed E-state index contributed by atoms with van der Waals surface area (Å²) >= 11 is 0. The van der Waals surface area contributed by atoms with E-state index in [1.807, 2.05) is 0 Å². The molecule has 1 aliphatic heterocycles. The molecule has 1 saturated heterocycles. The number of aliphatic hydroxyl groups is 1. The third-order valence-electron chi connectivity index (χ3n) is 3.82. The van der Waals surface area contributed by atoms with Crippen LogP contribution in [-0.4, -0.2) is 55.0 Å². The molecule has 3 N–H and O–H groups in total. The number of rotatable bonds is 8. The van der Waals surface area contributed by atoms with Crippen LogP contribution >= 0.6 is 0 Å². The summed E-state index contributed by atoms with van der Waals surface area (Å²) in [5.41, 5.74) is 6.08. The first-order valence-corrected chi connectivity index (χ1v) is 7.41. The second-order valence-corrected chi connectivity index (χ2v) is 5.46. The molecule has 1 rings (SSSR count). The zero-order valence-corrected chi connectivity index (χ0v) is 12.0. The van der Waals surface area contributed by atoms with Crippen molar-refractivity contribution in [2.75, 3.05) is 32.8 Å². The molecular weight excluding hydrogens is 228 g/mol. The van der Waals surface area contributed by atoms with Crippen LogP contribution in [0.3, 0.4) is 0 Å². The van der Waals surface area contributed by atoms with Crippen LogP contribution in [0.5, 0.6) is 0 Å². The van der Waals surface area contributed by atoms with Crippen LogP contribution in [0.2, 0.25) is 0 Å². The van der Waals surface area contributed by atoms with E-state index in [1.54, 1.807) is 0 Å². The van der Waals surface area contributed by atoms with Crippen LogP contribution in [0.15, 0.2) is 0 Å². The SMILES string of the molecule is CCCCOCC(O)CN1CCC(N)C(CC)C1. The number of likely N-dealkylation sites (tertiary alicyclic amines) is 1. The monoisotopic (exact) mass is 258 g/mol. The minimum atomic E-state index is -0.367. The largest absolute Gasteiger partial charge is 0.389 e. The van der Waals surface area contributed by atoms with Gasteiger partial charge < -0.3 is 20.5 Å². The summed E-state index contributed by atoms with van der Waals surface area (Å²) in [5, 5.41) is 9.93. The minimum absolute atomic E-state index is 0.337. The Hall–Kier alpha value is -0.160. The van der Waals surface area contributed by atoms with Crippen LogP contribution in [0.4, 0.5) is 0 Å². The Balaban J connectivity index is 2.17. The maximum Gasteiger partial charge on any atom is 0.0900 e. The van der Waals surface area contributed by atoms with Gasteiger partial charge in [-0.15, -0.1) is 0 Å². The Labute approximate surface area is 111 Å². The molecule has 1 heterocycles. The van der Waals surface area contributed by atoms with E-state index in [-0.39, 0.29) is 6.10 Å². The van der Waals surface area contributed by atoms with Gasteiger partial charge in [0.05, 0.1) is 12.7 Å². The van der Waals surface area contributed by atoms with Crippen molar-refractivity contribution in [3.8, 4) is 0 Å². The van der Waals surface area contributed by atoms with Crippen LogP contribution in [0.25, 0.3) is 0 Å². The van der Waals surface area contributed by atoms with Gasteiger partial charge in [0.2, 0.25) is 0 Å². The fourth-order valence-electron chi connectivity index (χ4n) is 2.54. The predicted molar refractivity (Wildman–Crippen MR) is 74.5 cm³/mol. The van der Waals surface area contributed by atoms with Crippen molar-refractivity contribution >= 4 is 0 Å². The Morgan fingerprint density at radius 2 is 2.22 bits per heavy atom. The lowest BCUT2D eigenvalue weighted by atomic mass is 9.90. The zero-order chi connectivity index (χ0) is 13.4. The Morgan fingerprint density at radius 1 is 1.44 bits per heavy atom. The number of hydrogen-bond acceptors (Lipinski definition) is 4. The summed E-state index contributed by atoms with van der Waals surface area (Å²) < 4.78 is 5.45. The quantitative estimate of drug-likeness (QED) is 0.643. The lowest BCUT2D eigenvalue weighted by Crippen LogP contribution is -2.49. The van der Waals surface area contributed by atoms with Gasteiger partial charge >= 0.3 is 0 Å². The number of unbranched alkanes of at least 4 members (excludes halogenated alkanes) is 1. The highest BCUT2D eigenvalue weighted by molar-refractivity contribution is 4.82. The van der Waals surface area contributed by atoms with Gasteiger partial charge in [-0.3, -0.25) is 0 Å². The maximum absolute atomic E-state index is 9.93. The van der Waals surface area contributed by atoms with Crippen molar-refractivity contribution in [1.82, 2.24) is 4.90 Å². The van der Waals surface area contributed by atoms with Crippen LogP contribution in [-0.2, 0) is 4.74 Å². The summed E-state index contributed by atoms with van der Waals surface area (Å²) in [4.78, 5) is 2.32. The fraction of sp³-hybridized carbons (Fsp3) is 1.00. The van der Waals surface area contributed by atoms with Crippen molar-refractivity contribution in [3.05, 3.63) is 0 Å². The van der Waals surface area contributed by atoms with E-state index in [2.05, 4.69) is 18.7 Å². The van der Waals surface area contributed by atoms with Gasteiger partial charge in [0, 0.05) is 25.7 Å². The highest BCUT2D eigenvalue weighted by Gasteiger charge is 2.26. The lowest BCUT2D eigenvalue weighted by Gasteiger charge is -2.37. The molecule has 1 aliphatic rings. The smallest absolute Gasteiger partial charge is 0.0900 e. The number of β-amino-alcohol motifs (C(OH)–C–C–N with tert-alkyl or cyclic N) is 1. The van der Waals surface area contributed by atoms with Gasteiger partial charge in [-0.2, -0.15) is 0 Å². The molecule has 0 spiro atoms. The molecule has 4 heteroatoms. The molecule has 0 aromatic heterocycles. The Morgan fingerprint density at radius 3 is 2.89 bits per heavy atom. The third kappa shape index (κ3) is 5.65. The summed E-state index contributed by atoms with van der Waals surface area (Å²) in [6, 6.07) is 0.337. The molecule has 0 aromatic carbocycles. The molecular formula is C14H30N2O2. The molecule has 0 radical (unpaired) electrons. The average Bonchev–Trinajstić information content (AvgIpc) is 2.37. The molecule has 108 valence electrons. The number of aliphatic hydroxyl groups excluding tert-OH is 1. The van der Waals surface area contributed by atoms with Crippen molar-refractivity contribution in [2.24, 2.45) is 11.7 Å². The molecule has 0 saturated carbocycles. The van der Waals surface area contributed by atoms with E-state index in [0.29, 0.717) is 18.6 Å². The van der Waals surface area contributed by atoms with Crippen LogP contribution in [0.1, 0.15) is 39.5 Å². The second kappa shape index (κ2) is 8.86. The highest BCUT2D eigenvalue weighted by atomic mass is 16.5. The van der Waals surface area contributed by atoms with Crippen LogP contribution in [0, 0.1) is 5.92 Å². The first-order valence-electron chi connectivity index (χ1n) is 7.41. The summed E-state index contributed by atoms with van der Waals surface area (Å²) in [5.74, 6) is 0.576. The number of nitrogens with zero attached hydrogens (tertiary/aromatic N) is 1. The van der Waals surface area contributed by atoms with Crippen molar-refractivity contribution in [3.63, 3.8) is 0 Å². The van der Waals surface area contributed by atoms with Crippen molar-refractivity contribution < 1.29 is 9.84 Å². The van der Waals surface area contributed by atoms with Crippen LogP contribution < -0.4 is 5.73 Å². The third-order valence-corrected chi connectivity index (χ3v) is 3.82. The van der Waals surface area contributed by atoms with Crippen molar-refractivity contribution in [1.29, 1.82) is 0 Å². The van der Waals surface area contributed by atoms with Gasteiger partial charge in [-0.1, -0.05) is 26.7 Å². The highest BCUT2D eigenvalue weighted by Crippen LogP contribution is 2.18. The van der Waals surface area contributed by atoms with E-state index in [1.165, 1.54) is 0 Å². The molecule has 1 fully saturated rings. The standard InChI is InChI=1S/C14H30N2O2/c1-3-5-8-18-11-13(17)10-16-7-6-14(15)12(4-2)9-16/h12-14,17H,3-11,15H2,1-2H3. The molecule has 0 amide bonds. The average molecular weight is 258 g/mol. The normalized spacial score (nSPS) is 27.3. The summed E-state index contributed by atoms with van der Waals surface area (Å²) in [6.45, 7) is 8.29. The Kier molecular flexibility index (Phi) is 7.82. The zero-order valence-electron chi connectivity index (χ0n) is 12.0. The molecule has 18 heavy (non-hydrogen) atoms. The first-order chi connectivity index (χ1) is 8.67. The number of ether oxygens (including phenoxy) is 1. The lowest BCUT2D eigenvalue weighted by molar-refractivity contribution is 0.00640. The number of piperidine rings is 1. The number of hydrogen-bond donors (Lipinski definition) is 2. The van der Waals surface area contributed by atoms with E-state index in [0.717, 1.165) is 51.9 Å². The fourth-order valence-corrected chi connectivity index (χ4v) is 2.54. The van der Waals surface area contributed by atoms with E-state index < -0.39 is 0 Å². The summed E-state index contributed by atoms with van der Waals surface area (Å²) in [6.07, 6.45) is 4.01. The topological polar surface area (TPSA) is 58.7 Å². The van der Waals surface area contributed by atoms with Gasteiger partial charge in [-0.05, 0) is 25.3 Å². The maximum atomic E-state index is 9.93. The molecule has 0 bridgehead atoms. The molecule has 3 atom stereocenters. The first kappa shape index (κ1) is 15.9. The van der Waals surface area contributed by atoms with E-state index in [9.17, 15) is 5.11 Å². The molecule has 4 nitrogen and oxygen atoms in total. The van der Waals surface area contributed by atoms with Gasteiger partial charge in [-0.25, -0.2) is 0 Å². The van der Waals surface area contributed by atoms with Gasteiger partial charge in [0.1, 0.15) is 0 Å². The molecule has 0 aliphatic carbocycles. The van der Waals surface area contributed by atoms with Gasteiger partial charge in [0.25, 0.3) is 0 Å². The molecule has 3 unspecified atom stereocenters. The molecule has 0 aromatic rings. The van der Waals surface area contributed by atoms with Crippen molar-refractivity contribution in [2.45, 2.75) is 51.7 Å². The van der Waals surface area contributed by atoms with Gasteiger partial charge in [0.15, 0.2) is 0 Å².